The van der Waals surface area contributed by atoms with Crippen molar-refractivity contribution < 1.29 is 9.59 Å². The summed E-state index contributed by atoms with van der Waals surface area (Å²) in [6.45, 7) is 16.1. The number of carbonyl (C=O) groups is 2. The van der Waals surface area contributed by atoms with Gasteiger partial charge in [0.1, 0.15) is 0 Å². The Morgan fingerprint density at radius 1 is 1.10 bits per heavy atom. The van der Waals surface area contributed by atoms with Crippen LogP contribution >= 0.6 is 0 Å². The molecule has 30 heavy (non-hydrogen) atoms. The maximum atomic E-state index is 13.2. The molecule has 0 bridgehead atoms. The molecule has 0 N–H and O–H groups in total. The van der Waals surface area contributed by atoms with Crippen LogP contribution in [0.5, 0.6) is 0 Å². The Bertz CT molecular complexity index is 774. The SMILES string of the molecule is C=C(CC[C@@H](C)[C@H]1CCC2C3CC(=O)C4=CC(=O)CC[C@]4(C)C3CC[C@@]21C)C(C)C. The van der Waals surface area contributed by atoms with Gasteiger partial charge in [0, 0.05) is 18.4 Å². The molecule has 0 spiro atoms. The van der Waals surface area contributed by atoms with Crippen LogP contribution in [0, 0.1) is 46.3 Å². The van der Waals surface area contributed by atoms with Gasteiger partial charge in [-0.1, -0.05) is 46.8 Å². The lowest BCUT2D eigenvalue weighted by molar-refractivity contribution is -0.131. The van der Waals surface area contributed by atoms with Gasteiger partial charge in [-0.05, 0) is 97.4 Å². The molecule has 2 heteroatoms. The van der Waals surface area contributed by atoms with E-state index in [0.717, 1.165) is 30.3 Å². The summed E-state index contributed by atoms with van der Waals surface area (Å²) in [4.78, 5) is 25.2. The molecule has 0 amide bonds. The summed E-state index contributed by atoms with van der Waals surface area (Å²) in [5, 5.41) is 0. The molecule has 3 unspecified atom stereocenters. The van der Waals surface area contributed by atoms with Gasteiger partial charge in [-0.3, -0.25) is 9.59 Å². The van der Waals surface area contributed by atoms with Gasteiger partial charge in [0.2, 0.25) is 0 Å². The number of carbonyl (C=O) groups excluding carboxylic acids is 2. The van der Waals surface area contributed by atoms with Crippen molar-refractivity contribution in [2.75, 3.05) is 0 Å². The first kappa shape index (κ1) is 22.0. The van der Waals surface area contributed by atoms with Gasteiger partial charge in [-0.25, -0.2) is 0 Å². The van der Waals surface area contributed by atoms with Crippen molar-refractivity contribution in [3.05, 3.63) is 23.8 Å². The van der Waals surface area contributed by atoms with E-state index in [1.165, 1.54) is 37.7 Å². The summed E-state index contributed by atoms with van der Waals surface area (Å²) < 4.78 is 0. The number of rotatable bonds is 5. The van der Waals surface area contributed by atoms with Crippen molar-refractivity contribution in [1.29, 1.82) is 0 Å². The minimum atomic E-state index is -0.0616. The van der Waals surface area contributed by atoms with Crippen LogP contribution in [0.3, 0.4) is 0 Å². The molecule has 0 aromatic heterocycles. The molecule has 0 heterocycles. The number of hydrogen-bond donors (Lipinski definition) is 0. The zero-order valence-corrected chi connectivity index (χ0v) is 19.9. The van der Waals surface area contributed by atoms with Crippen LogP contribution in [0.1, 0.15) is 92.4 Å². The minimum absolute atomic E-state index is 0.0616. The fourth-order valence-electron chi connectivity index (χ4n) is 8.27. The largest absolute Gasteiger partial charge is 0.295 e. The van der Waals surface area contributed by atoms with Crippen LogP contribution in [-0.4, -0.2) is 11.6 Å². The highest BCUT2D eigenvalue weighted by Crippen LogP contribution is 2.67. The molecule has 2 nitrogen and oxygen atoms in total. The summed E-state index contributed by atoms with van der Waals surface area (Å²) >= 11 is 0. The number of ketones is 2. The first-order valence-electron chi connectivity index (χ1n) is 12.5. The van der Waals surface area contributed by atoms with E-state index in [1.54, 1.807) is 6.08 Å². The fraction of sp³-hybridized carbons (Fsp3) is 0.786. The number of fused-ring (bicyclic) bond motifs is 5. The van der Waals surface area contributed by atoms with E-state index in [4.69, 9.17) is 0 Å². The lowest BCUT2D eigenvalue weighted by Gasteiger charge is -2.57. The van der Waals surface area contributed by atoms with E-state index < -0.39 is 0 Å². The van der Waals surface area contributed by atoms with Crippen molar-refractivity contribution in [3.63, 3.8) is 0 Å². The number of Topliss-reactive ketones (excluding diaryl/α,β-unsaturated/α-hetero) is 1. The molecule has 4 aliphatic rings. The molecule has 4 rings (SSSR count). The Balaban J connectivity index is 1.54. The lowest BCUT2D eigenvalue weighted by Crippen LogP contribution is -2.53. The molecule has 0 saturated heterocycles. The second-order valence-corrected chi connectivity index (χ2v) is 12.0. The molecule has 0 aromatic rings. The summed E-state index contributed by atoms with van der Waals surface area (Å²) in [7, 11) is 0. The highest BCUT2D eigenvalue weighted by atomic mass is 16.1. The van der Waals surface area contributed by atoms with Crippen molar-refractivity contribution in [3.8, 4) is 0 Å². The Hall–Kier alpha value is -1.18. The van der Waals surface area contributed by atoms with E-state index >= 15 is 0 Å². The molecule has 0 aliphatic heterocycles. The summed E-state index contributed by atoms with van der Waals surface area (Å²) in [5.41, 5.74) is 2.58. The predicted octanol–water partition coefficient (Wildman–Crippen LogP) is 6.94. The second kappa shape index (κ2) is 7.75. The third-order valence-corrected chi connectivity index (χ3v) is 10.3. The second-order valence-electron chi connectivity index (χ2n) is 12.0. The van der Waals surface area contributed by atoms with E-state index in [2.05, 4.69) is 41.2 Å². The van der Waals surface area contributed by atoms with Gasteiger partial charge in [-0.2, -0.15) is 0 Å². The van der Waals surface area contributed by atoms with Gasteiger partial charge in [0.15, 0.2) is 11.6 Å². The van der Waals surface area contributed by atoms with Crippen LogP contribution in [-0.2, 0) is 9.59 Å². The zero-order chi connectivity index (χ0) is 21.8. The van der Waals surface area contributed by atoms with Gasteiger partial charge in [0.25, 0.3) is 0 Å². The van der Waals surface area contributed by atoms with Gasteiger partial charge < -0.3 is 0 Å². The van der Waals surface area contributed by atoms with Gasteiger partial charge >= 0.3 is 0 Å². The molecule has 7 atom stereocenters. The number of hydrogen-bond acceptors (Lipinski definition) is 2. The third kappa shape index (κ3) is 3.37. The van der Waals surface area contributed by atoms with Gasteiger partial charge in [-0.15, -0.1) is 0 Å². The van der Waals surface area contributed by atoms with Crippen LogP contribution < -0.4 is 0 Å². The minimum Gasteiger partial charge on any atom is -0.295 e. The quantitative estimate of drug-likeness (QED) is 0.460. The Labute approximate surface area is 184 Å². The highest BCUT2D eigenvalue weighted by molar-refractivity contribution is 6.05. The molecular weight excluding hydrogens is 368 g/mol. The van der Waals surface area contributed by atoms with Crippen molar-refractivity contribution >= 4 is 11.6 Å². The molecule has 0 aromatic carbocycles. The third-order valence-electron chi connectivity index (χ3n) is 10.3. The first-order valence-corrected chi connectivity index (χ1v) is 12.5. The van der Waals surface area contributed by atoms with E-state index in [0.29, 0.717) is 41.9 Å². The lowest BCUT2D eigenvalue weighted by atomic mass is 9.46. The smallest absolute Gasteiger partial charge is 0.159 e. The van der Waals surface area contributed by atoms with Crippen molar-refractivity contribution in [2.45, 2.75) is 92.4 Å². The maximum absolute atomic E-state index is 13.2. The van der Waals surface area contributed by atoms with Crippen LogP contribution in [0.4, 0.5) is 0 Å². The fourth-order valence-corrected chi connectivity index (χ4v) is 8.27. The Morgan fingerprint density at radius 3 is 2.53 bits per heavy atom. The molecule has 4 aliphatic carbocycles. The predicted molar refractivity (Wildman–Crippen MR) is 123 cm³/mol. The molecule has 3 fully saturated rings. The zero-order valence-electron chi connectivity index (χ0n) is 19.9. The van der Waals surface area contributed by atoms with Crippen LogP contribution in [0.25, 0.3) is 0 Å². The summed E-state index contributed by atoms with van der Waals surface area (Å²) in [6, 6.07) is 0. The van der Waals surface area contributed by atoms with Crippen molar-refractivity contribution in [1.82, 2.24) is 0 Å². The van der Waals surface area contributed by atoms with E-state index in [1.807, 2.05) is 0 Å². The van der Waals surface area contributed by atoms with Crippen molar-refractivity contribution in [2.24, 2.45) is 46.3 Å². The topological polar surface area (TPSA) is 34.1 Å². The standard InChI is InChI=1S/C28H42O2/c1-17(2)18(3)7-8-19(4)22-9-10-23-21-16-26(30)25-15-20(29)11-13-28(25,6)24(21)12-14-27(22,23)5/h15,17,19,21-24H,3,7-14,16H2,1-2,4-6H3/t19-,21?,22-,23?,24?,27-,28-/m1/s1. The van der Waals surface area contributed by atoms with E-state index in [9.17, 15) is 9.59 Å². The summed E-state index contributed by atoms with van der Waals surface area (Å²) in [5.74, 6) is 4.31. The van der Waals surface area contributed by atoms with Crippen LogP contribution in [0.2, 0.25) is 0 Å². The maximum Gasteiger partial charge on any atom is 0.159 e. The monoisotopic (exact) mass is 410 g/mol. The molecule has 3 saturated carbocycles. The van der Waals surface area contributed by atoms with E-state index in [-0.39, 0.29) is 17.0 Å². The normalized spacial score (nSPS) is 41.7. The molecular formula is C28H42O2. The first-order chi connectivity index (χ1) is 14.1. The van der Waals surface area contributed by atoms with Crippen LogP contribution in [0.15, 0.2) is 23.8 Å². The highest BCUT2D eigenvalue weighted by Gasteiger charge is 2.60. The number of allylic oxidation sites excluding steroid dienone is 2. The molecule has 0 radical (unpaired) electrons. The average molecular weight is 411 g/mol. The van der Waals surface area contributed by atoms with Gasteiger partial charge in [0.05, 0.1) is 0 Å². The Kier molecular flexibility index (Phi) is 5.69. The summed E-state index contributed by atoms with van der Waals surface area (Å²) in [6.07, 6.45) is 11.5. The molecule has 166 valence electrons. The Morgan fingerprint density at radius 2 is 1.83 bits per heavy atom. The average Bonchev–Trinajstić information content (AvgIpc) is 3.04.